The molecule has 0 aromatic heterocycles. The quantitative estimate of drug-likeness (QED) is 0.399. The summed E-state index contributed by atoms with van der Waals surface area (Å²) in [6, 6.07) is 7.55. The van der Waals surface area contributed by atoms with Crippen molar-refractivity contribution in [3.05, 3.63) is 64.7 Å². The van der Waals surface area contributed by atoms with E-state index in [9.17, 15) is 4.79 Å². The molecular formula is C21H21ClO2. The number of rotatable bonds is 1. The van der Waals surface area contributed by atoms with Crippen LogP contribution in [-0.2, 0) is 9.53 Å². The van der Waals surface area contributed by atoms with Crippen LogP contribution in [0.3, 0.4) is 0 Å². The van der Waals surface area contributed by atoms with Crippen LogP contribution in [0.1, 0.15) is 31.2 Å². The number of ether oxygens (including phenoxy) is 1. The summed E-state index contributed by atoms with van der Waals surface area (Å²) in [5, 5.41) is 0.694. The Hall–Kier alpha value is -1.80. The van der Waals surface area contributed by atoms with Crippen LogP contribution >= 0.6 is 11.6 Å². The predicted octanol–water partition coefficient (Wildman–Crippen LogP) is 5.20. The van der Waals surface area contributed by atoms with Crippen molar-refractivity contribution in [3.8, 4) is 0 Å². The van der Waals surface area contributed by atoms with Gasteiger partial charge < -0.3 is 4.74 Å². The van der Waals surface area contributed by atoms with Gasteiger partial charge in [0.1, 0.15) is 6.10 Å². The maximum atomic E-state index is 12.5. The van der Waals surface area contributed by atoms with Gasteiger partial charge in [-0.1, -0.05) is 48.0 Å². The van der Waals surface area contributed by atoms with Gasteiger partial charge >= 0.3 is 5.97 Å². The molecule has 3 heteroatoms. The molecule has 1 aromatic carbocycles. The lowest BCUT2D eigenvalue weighted by Gasteiger charge is -2.26. The lowest BCUT2D eigenvalue weighted by molar-refractivity contribution is -0.140. The number of hydrogen-bond donors (Lipinski definition) is 0. The number of hydrogen-bond acceptors (Lipinski definition) is 2. The SMILES string of the molecule is C=C1CC[C@H]2C(=C)CC[C@H]3/C(=C\c4ccc(Cl)cc4)C(=O)O[C@@H]3[C@@H]12. The van der Waals surface area contributed by atoms with E-state index < -0.39 is 0 Å². The van der Waals surface area contributed by atoms with Gasteiger partial charge in [0.25, 0.3) is 0 Å². The molecular weight excluding hydrogens is 320 g/mol. The normalized spacial score (nSPS) is 34.0. The van der Waals surface area contributed by atoms with Gasteiger partial charge in [0.05, 0.1) is 0 Å². The largest absolute Gasteiger partial charge is 0.458 e. The van der Waals surface area contributed by atoms with E-state index in [1.54, 1.807) is 0 Å². The van der Waals surface area contributed by atoms with E-state index in [0.29, 0.717) is 10.9 Å². The molecule has 124 valence electrons. The molecule has 1 heterocycles. The minimum absolute atomic E-state index is 0.0738. The molecule has 0 spiro atoms. The smallest absolute Gasteiger partial charge is 0.334 e. The highest BCUT2D eigenvalue weighted by molar-refractivity contribution is 6.30. The van der Waals surface area contributed by atoms with E-state index in [1.165, 1.54) is 11.1 Å². The molecule has 1 saturated heterocycles. The van der Waals surface area contributed by atoms with Crippen LogP contribution in [0.5, 0.6) is 0 Å². The molecule has 2 aliphatic carbocycles. The van der Waals surface area contributed by atoms with E-state index in [1.807, 2.05) is 30.3 Å². The Morgan fingerprint density at radius 3 is 2.46 bits per heavy atom. The summed E-state index contributed by atoms with van der Waals surface area (Å²) < 4.78 is 5.85. The third-order valence-corrected chi connectivity index (χ3v) is 6.06. The third-order valence-electron chi connectivity index (χ3n) is 5.80. The van der Waals surface area contributed by atoms with E-state index in [-0.39, 0.29) is 23.9 Å². The summed E-state index contributed by atoms with van der Waals surface area (Å²) in [4.78, 5) is 12.5. The lowest BCUT2D eigenvalue weighted by Crippen LogP contribution is -2.28. The van der Waals surface area contributed by atoms with E-state index in [0.717, 1.165) is 36.8 Å². The van der Waals surface area contributed by atoms with Crippen molar-refractivity contribution >= 4 is 23.6 Å². The first kappa shape index (κ1) is 15.7. The van der Waals surface area contributed by atoms with Crippen molar-refractivity contribution in [2.24, 2.45) is 17.8 Å². The van der Waals surface area contributed by atoms with Crippen molar-refractivity contribution in [2.45, 2.75) is 31.8 Å². The van der Waals surface area contributed by atoms with Crippen molar-refractivity contribution in [3.63, 3.8) is 0 Å². The van der Waals surface area contributed by atoms with Gasteiger partial charge in [-0.05, 0) is 55.4 Å². The van der Waals surface area contributed by atoms with Crippen molar-refractivity contribution < 1.29 is 9.53 Å². The first-order valence-electron chi connectivity index (χ1n) is 8.58. The topological polar surface area (TPSA) is 26.3 Å². The standard InChI is InChI=1S/C21H21ClO2/c1-12-3-10-17-18(11-14-5-7-15(22)8-6-14)21(23)24-20(17)19-13(2)4-9-16(12)19/h5-8,11,16-17,19-20H,1-4,9-10H2/b18-11+/t16-,17-,19-,20-/m0/s1. The fraction of sp³-hybridized carbons (Fsp3) is 0.381. The average Bonchev–Trinajstić information content (AvgIpc) is 3.04. The number of fused-ring (bicyclic) bond motifs is 3. The number of benzene rings is 1. The third kappa shape index (κ3) is 2.53. The molecule has 0 amide bonds. The van der Waals surface area contributed by atoms with Gasteiger partial charge in [-0.3, -0.25) is 0 Å². The molecule has 1 aliphatic heterocycles. The van der Waals surface area contributed by atoms with Crippen molar-refractivity contribution in [1.82, 2.24) is 0 Å². The molecule has 3 fully saturated rings. The van der Waals surface area contributed by atoms with E-state index >= 15 is 0 Å². The fourth-order valence-corrected chi connectivity index (χ4v) is 4.69. The Kier molecular flexibility index (Phi) is 3.88. The average molecular weight is 341 g/mol. The molecule has 4 atom stereocenters. The Morgan fingerprint density at radius 2 is 1.71 bits per heavy atom. The summed E-state index contributed by atoms with van der Waals surface area (Å²) in [5.41, 5.74) is 4.29. The summed E-state index contributed by atoms with van der Waals surface area (Å²) in [6.07, 6.45) is 5.89. The molecule has 1 aromatic rings. The second kappa shape index (κ2) is 5.93. The zero-order valence-corrected chi connectivity index (χ0v) is 14.4. The highest BCUT2D eigenvalue weighted by atomic mass is 35.5. The molecule has 3 aliphatic rings. The van der Waals surface area contributed by atoms with Crippen LogP contribution in [0.25, 0.3) is 6.08 Å². The van der Waals surface area contributed by atoms with Gasteiger partial charge in [0.2, 0.25) is 0 Å². The van der Waals surface area contributed by atoms with Gasteiger partial charge in [0, 0.05) is 22.4 Å². The van der Waals surface area contributed by atoms with Crippen LogP contribution in [-0.4, -0.2) is 12.1 Å². The van der Waals surface area contributed by atoms with Crippen molar-refractivity contribution in [2.75, 3.05) is 0 Å². The minimum atomic E-state index is -0.175. The molecule has 0 radical (unpaired) electrons. The number of carbonyl (C=O) groups excluding carboxylic acids is 1. The Bertz CT molecular complexity index is 744. The maximum absolute atomic E-state index is 12.5. The predicted molar refractivity (Wildman–Crippen MR) is 96.5 cm³/mol. The molecule has 2 nitrogen and oxygen atoms in total. The van der Waals surface area contributed by atoms with Crippen LogP contribution < -0.4 is 0 Å². The van der Waals surface area contributed by atoms with Gasteiger partial charge in [-0.25, -0.2) is 4.79 Å². The molecule has 2 saturated carbocycles. The van der Waals surface area contributed by atoms with Crippen LogP contribution in [0.15, 0.2) is 54.1 Å². The summed E-state index contributed by atoms with van der Waals surface area (Å²) in [7, 11) is 0. The zero-order valence-electron chi connectivity index (χ0n) is 13.6. The molecule has 4 rings (SSSR count). The Labute approximate surface area is 147 Å². The second-order valence-corrected chi connectivity index (χ2v) is 7.59. The van der Waals surface area contributed by atoms with Crippen LogP contribution in [0.2, 0.25) is 5.02 Å². The highest BCUT2D eigenvalue weighted by Crippen LogP contribution is 2.52. The fourth-order valence-electron chi connectivity index (χ4n) is 4.57. The monoisotopic (exact) mass is 340 g/mol. The summed E-state index contributed by atoms with van der Waals surface area (Å²) in [5.74, 6) is 0.626. The minimum Gasteiger partial charge on any atom is -0.458 e. The summed E-state index contributed by atoms with van der Waals surface area (Å²) in [6.45, 7) is 8.55. The Balaban J connectivity index is 1.71. The first-order valence-corrected chi connectivity index (χ1v) is 8.96. The van der Waals surface area contributed by atoms with Crippen LogP contribution in [0, 0.1) is 17.8 Å². The maximum Gasteiger partial charge on any atom is 0.334 e. The molecule has 0 bridgehead atoms. The Morgan fingerprint density at radius 1 is 1.04 bits per heavy atom. The lowest BCUT2D eigenvalue weighted by atomic mass is 9.81. The summed E-state index contributed by atoms with van der Waals surface area (Å²) >= 11 is 5.95. The molecule has 0 N–H and O–H groups in total. The number of allylic oxidation sites excluding steroid dienone is 1. The van der Waals surface area contributed by atoms with Crippen LogP contribution in [0.4, 0.5) is 0 Å². The van der Waals surface area contributed by atoms with Crippen molar-refractivity contribution in [1.29, 1.82) is 0 Å². The van der Waals surface area contributed by atoms with Gasteiger partial charge in [-0.2, -0.15) is 0 Å². The van der Waals surface area contributed by atoms with Gasteiger partial charge in [0.15, 0.2) is 0 Å². The number of halogens is 1. The van der Waals surface area contributed by atoms with E-state index in [2.05, 4.69) is 13.2 Å². The zero-order chi connectivity index (χ0) is 16.8. The second-order valence-electron chi connectivity index (χ2n) is 7.15. The highest BCUT2D eigenvalue weighted by Gasteiger charge is 2.50. The molecule has 24 heavy (non-hydrogen) atoms. The first-order chi connectivity index (χ1) is 11.5. The number of esters is 1. The van der Waals surface area contributed by atoms with E-state index in [4.69, 9.17) is 16.3 Å². The molecule has 0 unspecified atom stereocenters. The number of carbonyl (C=O) groups is 1. The van der Waals surface area contributed by atoms with Gasteiger partial charge in [-0.15, -0.1) is 0 Å².